The Morgan fingerprint density at radius 1 is 1.29 bits per heavy atom. The summed E-state index contributed by atoms with van der Waals surface area (Å²) in [6.45, 7) is 6.00. The molecule has 2 atom stereocenters. The first-order valence-electron chi connectivity index (χ1n) is 7.78. The average molecular weight is 311 g/mol. The van der Waals surface area contributed by atoms with Crippen LogP contribution in [0.1, 0.15) is 37.8 Å². The quantitative estimate of drug-likeness (QED) is 0.878. The third kappa shape index (κ3) is 5.68. The van der Waals surface area contributed by atoms with Crippen molar-refractivity contribution in [1.29, 1.82) is 0 Å². The molecule has 2 N–H and O–H groups in total. The van der Waals surface area contributed by atoms with Crippen molar-refractivity contribution in [1.82, 2.24) is 10.6 Å². The van der Waals surface area contributed by atoms with E-state index in [1.165, 1.54) is 11.1 Å². The van der Waals surface area contributed by atoms with E-state index in [0.29, 0.717) is 6.04 Å². The van der Waals surface area contributed by atoms with Gasteiger partial charge in [0.15, 0.2) is 0 Å². The van der Waals surface area contributed by atoms with E-state index in [1.807, 2.05) is 0 Å². The van der Waals surface area contributed by atoms with Gasteiger partial charge in [-0.05, 0) is 50.3 Å². The fourth-order valence-electron chi connectivity index (χ4n) is 2.79. The SMILES string of the molecule is CCc1ccc(CCNC(=O)[C@H]2CCN[C@@H](C)C2)cc1.Cl. The van der Waals surface area contributed by atoms with E-state index in [2.05, 4.69) is 48.7 Å². The number of halogens is 1. The number of aryl methyl sites for hydroxylation is 1. The van der Waals surface area contributed by atoms with E-state index in [1.54, 1.807) is 0 Å². The van der Waals surface area contributed by atoms with E-state index in [-0.39, 0.29) is 24.2 Å². The third-order valence-corrected chi connectivity index (χ3v) is 4.14. The topological polar surface area (TPSA) is 41.1 Å². The van der Waals surface area contributed by atoms with Crippen LogP contribution in [-0.4, -0.2) is 25.0 Å². The van der Waals surface area contributed by atoms with Crippen LogP contribution in [0.3, 0.4) is 0 Å². The Morgan fingerprint density at radius 3 is 2.57 bits per heavy atom. The number of amides is 1. The smallest absolute Gasteiger partial charge is 0.223 e. The summed E-state index contributed by atoms with van der Waals surface area (Å²) < 4.78 is 0. The van der Waals surface area contributed by atoms with E-state index in [4.69, 9.17) is 0 Å². The van der Waals surface area contributed by atoms with Gasteiger partial charge in [0.05, 0.1) is 0 Å². The maximum atomic E-state index is 12.1. The summed E-state index contributed by atoms with van der Waals surface area (Å²) in [5, 5.41) is 6.46. The largest absolute Gasteiger partial charge is 0.356 e. The molecule has 1 aromatic carbocycles. The Kier molecular flexibility index (Phi) is 7.76. The first kappa shape index (κ1) is 18.0. The molecule has 0 spiro atoms. The first-order chi connectivity index (χ1) is 9.69. The van der Waals surface area contributed by atoms with Crippen LogP contribution >= 0.6 is 12.4 Å². The molecule has 1 aliphatic heterocycles. The van der Waals surface area contributed by atoms with Gasteiger partial charge in [0.25, 0.3) is 0 Å². The highest BCUT2D eigenvalue weighted by Gasteiger charge is 2.24. The van der Waals surface area contributed by atoms with Gasteiger partial charge >= 0.3 is 0 Å². The fraction of sp³-hybridized carbons (Fsp3) is 0.588. The van der Waals surface area contributed by atoms with Crippen molar-refractivity contribution in [2.45, 2.75) is 45.6 Å². The van der Waals surface area contributed by atoms with Gasteiger partial charge in [-0.2, -0.15) is 0 Å². The third-order valence-electron chi connectivity index (χ3n) is 4.14. The van der Waals surface area contributed by atoms with Gasteiger partial charge in [-0.3, -0.25) is 4.79 Å². The minimum absolute atomic E-state index is 0. The molecule has 4 heteroatoms. The Bertz CT molecular complexity index is 433. The molecule has 0 saturated carbocycles. The highest BCUT2D eigenvalue weighted by atomic mass is 35.5. The standard InChI is InChI=1S/C17H26N2O.ClH/c1-3-14-4-6-15(7-5-14)8-10-19-17(20)16-9-11-18-13(2)12-16;/h4-7,13,16,18H,3,8-12H2,1-2H3,(H,19,20);1H/t13-,16-;/m0./s1. The van der Waals surface area contributed by atoms with Crippen molar-refractivity contribution < 1.29 is 4.79 Å². The number of piperidine rings is 1. The number of nitrogens with one attached hydrogen (secondary N) is 2. The molecule has 1 aliphatic rings. The maximum Gasteiger partial charge on any atom is 0.223 e. The zero-order valence-corrected chi connectivity index (χ0v) is 13.8. The normalized spacial score (nSPS) is 21.4. The lowest BCUT2D eigenvalue weighted by molar-refractivity contribution is -0.126. The molecular weight excluding hydrogens is 284 g/mol. The predicted molar refractivity (Wildman–Crippen MR) is 90.0 cm³/mol. The Hall–Kier alpha value is -1.06. The van der Waals surface area contributed by atoms with Crippen molar-refractivity contribution in [3.05, 3.63) is 35.4 Å². The molecular formula is C17H27ClN2O. The van der Waals surface area contributed by atoms with E-state index in [0.717, 1.165) is 38.8 Å². The van der Waals surface area contributed by atoms with Crippen LogP contribution in [0.2, 0.25) is 0 Å². The van der Waals surface area contributed by atoms with Crippen LogP contribution in [-0.2, 0) is 17.6 Å². The molecule has 21 heavy (non-hydrogen) atoms. The van der Waals surface area contributed by atoms with E-state index < -0.39 is 0 Å². The molecule has 1 heterocycles. The Morgan fingerprint density at radius 2 is 1.95 bits per heavy atom. The molecule has 0 aliphatic carbocycles. The summed E-state index contributed by atoms with van der Waals surface area (Å²) in [6.07, 6.45) is 3.90. The van der Waals surface area contributed by atoms with Gasteiger partial charge < -0.3 is 10.6 Å². The van der Waals surface area contributed by atoms with Crippen LogP contribution in [0, 0.1) is 5.92 Å². The van der Waals surface area contributed by atoms with Crippen molar-refractivity contribution in [3.63, 3.8) is 0 Å². The van der Waals surface area contributed by atoms with Crippen LogP contribution in [0.15, 0.2) is 24.3 Å². The molecule has 3 nitrogen and oxygen atoms in total. The van der Waals surface area contributed by atoms with Gasteiger partial charge in [-0.25, -0.2) is 0 Å². The minimum Gasteiger partial charge on any atom is -0.356 e. The van der Waals surface area contributed by atoms with Crippen molar-refractivity contribution >= 4 is 18.3 Å². The number of benzene rings is 1. The minimum atomic E-state index is 0. The average Bonchev–Trinajstić information content (AvgIpc) is 2.48. The molecule has 118 valence electrons. The second-order valence-electron chi connectivity index (χ2n) is 5.79. The second-order valence-corrected chi connectivity index (χ2v) is 5.79. The van der Waals surface area contributed by atoms with Gasteiger partial charge in [-0.1, -0.05) is 31.2 Å². The van der Waals surface area contributed by atoms with Crippen molar-refractivity contribution in [2.75, 3.05) is 13.1 Å². The Balaban J connectivity index is 0.00000220. The number of carbonyl (C=O) groups is 1. The number of rotatable bonds is 5. The lowest BCUT2D eigenvalue weighted by Gasteiger charge is -2.27. The molecule has 1 aromatic rings. The molecule has 0 radical (unpaired) electrons. The lowest BCUT2D eigenvalue weighted by atomic mass is 9.92. The summed E-state index contributed by atoms with van der Waals surface area (Å²) in [5.74, 6) is 0.414. The van der Waals surface area contributed by atoms with E-state index in [9.17, 15) is 4.79 Å². The van der Waals surface area contributed by atoms with Gasteiger partial charge in [0.2, 0.25) is 5.91 Å². The summed E-state index contributed by atoms with van der Waals surface area (Å²) in [5.41, 5.74) is 2.66. The van der Waals surface area contributed by atoms with Gasteiger partial charge in [-0.15, -0.1) is 12.4 Å². The van der Waals surface area contributed by atoms with Gasteiger partial charge in [0, 0.05) is 18.5 Å². The second kappa shape index (κ2) is 9.06. The molecule has 0 aromatic heterocycles. The molecule has 1 saturated heterocycles. The van der Waals surface area contributed by atoms with Crippen LogP contribution in [0.5, 0.6) is 0 Å². The summed E-state index contributed by atoms with van der Waals surface area (Å²) >= 11 is 0. The summed E-state index contributed by atoms with van der Waals surface area (Å²) in [7, 11) is 0. The maximum absolute atomic E-state index is 12.1. The summed E-state index contributed by atoms with van der Waals surface area (Å²) in [6, 6.07) is 9.13. The zero-order valence-electron chi connectivity index (χ0n) is 13.0. The Labute approximate surface area is 134 Å². The van der Waals surface area contributed by atoms with Crippen LogP contribution in [0.25, 0.3) is 0 Å². The van der Waals surface area contributed by atoms with Crippen LogP contribution < -0.4 is 10.6 Å². The van der Waals surface area contributed by atoms with Crippen molar-refractivity contribution in [2.24, 2.45) is 5.92 Å². The highest BCUT2D eigenvalue weighted by Crippen LogP contribution is 2.15. The predicted octanol–water partition coefficient (Wildman–Crippen LogP) is 2.72. The molecule has 1 amide bonds. The monoisotopic (exact) mass is 310 g/mol. The zero-order chi connectivity index (χ0) is 14.4. The van der Waals surface area contributed by atoms with Gasteiger partial charge in [0.1, 0.15) is 0 Å². The first-order valence-corrected chi connectivity index (χ1v) is 7.78. The van der Waals surface area contributed by atoms with Crippen molar-refractivity contribution in [3.8, 4) is 0 Å². The number of hydrogen-bond donors (Lipinski definition) is 2. The summed E-state index contributed by atoms with van der Waals surface area (Å²) in [4.78, 5) is 12.1. The fourth-order valence-corrected chi connectivity index (χ4v) is 2.79. The molecule has 2 rings (SSSR count). The lowest BCUT2D eigenvalue weighted by Crippen LogP contribution is -2.42. The highest BCUT2D eigenvalue weighted by molar-refractivity contribution is 5.85. The number of hydrogen-bond acceptors (Lipinski definition) is 2. The molecule has 1 fully saturated rings. The van der Waals surface area contributed by atoms with E-state index >= 15 is 0 Å². The number of carbonyl (C=O) groups excluding carboxylic acids is 1. The molecule has 0 bridgehead atoms. The molecule has 0 unspecified atom stereocenters. The van der Waals surface area contributed by atoms with Crippen LogP contribution in [0.4, 0.5) is 0 Å².